The van der Waals surface area contributed by atoms with E-state index in [-0.39, 0.29) is 9.79 Å². The molecule has 1 aliphatic heterocycles. The summed E-state index contributed by atoms with van der Waals surface area (Å²) in [5.41, 5.74) is 0. The van der Waals surface area contributed by atoms with Crippen LogP contribution in [0.2, 0.25) is 0 Å². The van der Waals surface area contributed by atoms with Gasteiger partial charge in [-0.25, -0.2) is 21.6 Å². The van der Waals surface area contributed by atoms with Crippen molar-refractivity contribution in [2.45, 2.75) is 29.6 Å². The number of unbranched alkanes of at least 4 members (excludes halogenated alkanes) is 1. The minimum atomic E-state index is -3.61. The molecule has 0 aromatic heterocycles. The normalized spacial score (nSPS) is 17.3. The lowest BCUT2D eigenvalue weighted by atomic mass is 10.3. The lowest BCUT2D eigenvalue weighted by molar-refractivity contribution is 0.0730. The summed E-state index contributed by atoms with van der Waals surface area (Å²) in [5.74, 6) is 0. The molecule has 0 amide bonds. The number of hydrogen-bond donors (Lipinski definition) is 1. The first kappa shape index (κ1) is 18.3. The first-order chi connectivity index (χ1) is 10.9. The summed E-state index contributed by atoms with van der Waals surface area (Å²) in [6.45, 7) is 3.69. The average molecular weight is 362 g/mol. The van der Waals surface area contributed by atoms with Gasteiger partial charge in [-0.2, -0.15) is 4.31 Å². The molecule has 1 N–H and O–H groups in total. The fourth-order valence-electron chi connectivity index (χ4n) is 2.19. The number of morpholine rings is 1. The molecule has 0 unspecified atom stereocenters. The molecule has 7 nitrogen and oxygen atoms in total. The molecule has 130 valence electrons. The van der Waals surface area contributed by atoms with Gasteiger partial charge in [-0.3, -0.25) is 0 Å². The number of nitrogens with one attached hydrogen (secondary N) is 1. The highest BCUT2D eigenvalue weighted by Crippen LogP contribution is 2.19. The van der Waals surface area contributed by atoms with E-state index < -0.39 is 20.0 Å². The lowest BCUT2D eigenvalue weighted by Gasteiger charge is -2.26. The smallest absolute Gasteiger partial charge is 0.243 e. The zero-order valence-electron chi connectivity index (χ0n) is 13.1. The van der Waals surface area contributed by atoms with Crippen LogP contribution in [0.3, 0.4) is 0 Å². The Labute approximate surface area is 137 Å². The molecule has 0 bridgehead atoms. The molecule has 1 aromatic rings. The van der Waals surface area contributed by atoms with Crippen molar-refractivity contribution in [2.75, 3.05) is 32.8 Å². The second-order valence-electron chi connectivity index (χ2n) is 5.24. The Balaban J connectivity index is 2.15. The van der Waals surface area contributed by atoms with Gasteiger partial charge in [-0.15, -0.1) is 0 Å². The van der Waals surface area contributed by atoms with Crippen molar-refractivity contribution in [1.82, 2.24) is 9.03 Å². The highest BCUT2D eigenvalue weighted by Gasteiger charge is 2.26. The molecule has 23 heavy (non-hydrogen) atoms. The average Bonchev–Trinajstić information content (AvgIpc) is 2.56. The van der Waals surface area contributed by atoms with Crippen LogP contribution in [-0.2, 0) is 24.8 Å². The molecule has 1 fully saturated rings. The second kappa shape index (κ2) is 7.71. The van der Waals surface area contributed by atoms with Crippen LogP contribution in [0.5, 0.6) is 0 Å². The molecule has 1 saturated heterocycles. The van der Waals surface area contributed by atoms with Crippen LogP contribution in [0.15, 0.2) is 34.1 Å². The molecular formula is C14H22N2O5S2. The van der Waals surface area contributed by atoms with E-state index in [4.69, 9.17) is 4.74 Å². The van der Waals surface area contributed by atoms with E-state index in [9.17, 15) is 16.8 Å². The summed E-state index contributed by atoms with van der Waals surface area (Å²) in [4.78, 5) is 0.154. The molecule has 1 aliphatic rings. The first-order valence-electron chi connectivity index (χ1n) is 7.55. The van der Waals surface area contributed by atoms with Gasteiger partial charge in [0.15, 0.2) is 0 Å². The van der Waals surface area contributed by atoms with E-state index >= 15 is 0 Å². The fourth-order valence-corrected chi connectivity index (χ4v) is 4.68. The maximum atomic E-state index is 12.5. The zero-order chi connectivity index (χ0) is 16.9. The van der Waals surface area contributed by atoms with Gasteiger partial charge >= 0.3 is 0 Å². The van der Waals surface area contributed by atoms with Crippen molar-refractivity contribution < 1.29 is 21.6 Å². The van der Waals surface area contributed by atoms with Gasteiger partial charge in [-0.05, 0) is 30.7 Å². The number of hydrogen-bond acceptors (Lipinski definition) is 5. The van der Waals surface area contributed by atoms with Gasteiger partial charge in [-0.1, -0.05) is 13.3 Å². The van der Waals surface area contributed by atoms with Crippen molar-refractivity contribution >= 4 is 20.0 Å². The first-order valence-corrected chi connectivity index (χ1v) is 10.5. The quantitative estimate of drug-likeness (QED) is 0.724. The Hall–Kier alpha value is -1.00. The number of rotatable bonds is 7. The Morgan fingerprint density at radius 2 is 1.61 bits per heavy atom. The third-order valence-electron chi connectivity index (χ3n) is 3.56. The van der Waals surface area contributed by atoms with Gasteiger partial charge in [0, 0.05) is 19.6 Å². The van der Waals surface area contributed by atoms with Gasteiger partial charge in [0.2, 0.25) is 20.0 Å². The number of ether oxygens (including phenoxy) is 1. The molecule has 0 aliphatic carbocycles. The summed E-state index contributed by atoms with van der Waals surface area (Å²) < 4.78 is 58.1. The summed E-state index contributed by atoms with van der Waals surface area (Å²) in [6, 6.07) is 5.31. The number of nitrogens with zero attached hydrogens (tertiary/aromatic N) is 1. The summed E-state index contributed by atoms with van der Waals surface area (Å²) in [7, 11) is -7.21. The van der Waals surface area contributed by atoms with Crippen molar-refractivity contribution in [3.05, 3.63) is 24.3 Å². The van der Waals surface area contributed by atoms with Crippen LogP contribution >= 0.6 is 0 Å². The lowest BCUT2D eigenvalue weighted by Crippen LogP contribution is -2.40. The number of benzene rings is 1. The van der Waals surface area contributed by atoms with Crippen LogP contribution < -0.4 is 4.72 Å². The Bertz CT molecular complexity index is 708. The standard InChI is InChI=1S/C14H22N2O5S2/c1-2-3-8-15-22(17,18)13-4-6-14(7-5-13)23(19,20)16-9-11-21-12-10-16/h4-7,15H,2-3,8-12H2,1H3. The third-order valence-corrected chi connectivity index (χ3v) is 6.95. The SMILES string of the molecule is CCCCNS(=O)(=O)c1ccc(S(=O)(=O)N2CCOCC2)cc1. The van der Waals surface area contributed by atoms with Crippen LogP contribution in [0, 0.1) is 0 Å². The van der Waals surface area contributed by atoms with Gasteiger partial charge < -0.3 is 4.74 Å². The molecule has 9 heteroatoms. The van der Waals surface area contributed by atoms with E-state index in [1.54, 1.807) is 0 Å². The minimum absolute atomic E-state index is 0.0644. The van der Waals surface area contributed by atoms with Crippen molar-refractivity contribution in [2.24, 2.45) is 0 Å². The fraction of sp³-hybridized carbons (Fsp3) is 0.571. The molecule has 1 aromatic carbocycles. The van der Waals surface area contributed by atoms with E-state index in [2.05, 4.69) is 4.72 Å². The monoisotopic (exact) mass is 362 g/mol. The Morgan fingerprint density at radius 1 is 1.04 bits per heavy atom. The van der Waals surface area contributed by atoms with E-state index in [1.165, 1.54) is 28.6 Å². The Morgan fingerprint density at radius 3 is 2.17 bits per heavy atom. The van der Waals surface area contributed by atoms with E-state index in [0.29, 0.717) is 32.8 Å². The molecule has 0 radical (unpaired) electrons. The molecule has 0 spiro atoms. The van der Waals surface area contributed by atoms with Gasteiger partial charge in [0.25, 0.3) is 0 Å². The third kappa shape index (κ3) is 4.51. The van der Waals surface area contributed by atoms with Crippen molar-refractivity contribution in [3.8, 4) is 0 Å². The predicted octanol–water partition coefficient (Wildman–Crippen LogP) is 0.786. The topological polar surface area (TPSA) is 92.8 Å². The van der Waals surface area contributed by atoms with Crippen LogP contribution in [-0.4, -0.2) is 54.0 Å². The largest absolute Gasteiger partial charge is 0.379 e. The molecule has 0 saturated carbocycles. The van der Waals surface area contributed by atoms with Crippen LogP contribution in [0.25, 0.3) is 0 Å². The number of sulfonamides is 2. The predicted molar refractivity (Wildman–Crippen MR) is 86.1 cm³/mol. The summed E-state index contributed by atoms with van der Waals surface area (Å²) >= 11 is 0. The highest BCUT2D eigenvalue weighted by atomic mass is 32.2. The zero-order valence-corrected chi connectivity index (χ0v) is 14.7. The Kier molecular flexibility index (Phi) is 6.15. The van der Waals surface area contributed by atoms with Gasteiger partial charge in [0.1, 0.15) is 0 Å². The second-order valence-corrected chi connectivity index (χ2v) is 8.94. The molecule has 1 heterocycles. The molecule has 0 atom stereocenters. The molecule has 2 rings (SSSR count). The summed E-state index contributed by atoms with van der Waals surface area (Å²) in [5, 5.41) is 0. The molecular weight excluding hydrogens is 340 g/mol. The maximum Gasteiger partial charge on any atom is 0.243 e. The van der Waals surface area contributed by atoms with Crippen LogP contribution in [0.4, 0.5) is 0 Å². The van der Waals surface area contributed by atoms with Gasteiger partial charge in [0.05, 0.1) is 23.0 Å². The van der Waals surface area contributed by atoms with Crippen LogP contribution in [0.1, 0.15) is 19.8 Å². The van der Waals surface area contributed by atoms with Crippen molar-refractivity contribution in [3.63, 3.8) is 0 Å². The summed E-state index contributed by atoms with van der Waals surface area (Å²) in [6.07, 6.45) is 1.64. The van der Waals surface area contributed by atoms with Crippen molar-refractivity contribution in [1.29, 1.82) is 0 Å². The highest BCUT2D eigenvalue weighted by molar-refractivity contribution is 7.89. The van der Waals surface area contributed by atoms with E-state index in [0.717, 1.165) is 12.8 Å². The minimum Gasteiger partial charge on any atom is -0.379 e. The maximum absolute atomic E-state index is 12.5. The van der Waals surface area contributed by atoms with E-state index in [1.807, 2.05) is 6.92 Å².